The lowest BCUT2D eigenvalue weighted by Gasteiger charge is -2.56. The molecule has 1 aliphatic carbocycles. The molecule has 0 spiro atoms. The molecule has 2 nitrogen and oxygen atoms in total. The van der Waals surface area contributed by atoms with Crippen molar-refractivity contribution in [1.29, 1.82) is 0 Å². The fraction of sp³-hybridized carbons (Fsp3) is 1.00. The zero-order valence-electron chi connectivity index (χ0n) is 12.1. The van der Waals surface area contributed by atoms with Crippen LogP contribution in [-0.2, 0) is 9.47 Å². The summed E-state index contributed by atoms with van der Waals surface area (Å²) in [5, 5.41) is 0. The topological polar surface area (TPSA) is 18.5 Å². The van der Waals surface area contributed by atoms with E-state index in [-0.39, 0.29) is 0 Å². The summed E-state index contributed by atoms with van der Waals surface area (Å²) < 4.78 is 194. The molecule has 2 atom stereocenters. The zero-order valence-corrected chi connectivity index (χ0v) is 12.1. The standard InChI is InChI=1S/C10H6F14O2/c1-25-9(21,22)3(11)5(13,14)4(12,10(23,24)26-2)7(17,18)8(19,20)6(3,15)16/h1-2H3. The molecule has 1 rings (SSSR count). The van der Waals surface area contributed by atoms with Gasteiger partial charge in [-0.05, 0) is 0 Å². The van der Waals surface area contributed by atoms with Crippen molar-refractivity contribution in [3.8, 4) is 0 Å². The minimum atomic E-state index is -7.88. The smallest absolute Gasteiger partial charge is 0.321 e. The van der Waals surface area contributed by atoms with Gasteiger partial charge in [-0.3, -0.25) is 0 Å². The van der Waals surface area contributed by atoms with Crippen molar-refractivity contribution in [3.63, 3.8) is 0 Å². The molecule has 156 valence electrons. The summed E-state index contributed by atoms with van der Waals surface area (Å²) in [6, 6.07) is 0. The number of methoxy groups -OCH3 is 2. The highest BCUT2D eigenvalue weighted by Gasteiger charge is 3.08. The summed E-state index contributed by atoms with van der Waals surface area (Å²) in [5.74, 6) is -31.3. The number of hydrogen-bond acceptors (Lipinski definition) is 2. The van der Waals surface area contributed by atoms with Crippen LogP contribution in [0.25, 0.3) is 0 Å². The van der Waals surface area contributed by atoms with Crippen LogP contribution in [-0.4, -0.2) is 61.5 Å². The summed E-state index contributed by atoms with van der Waals surface area (Å²) in [5.41, 5.74) is -15.4. The average molecular weight is 424 g/mol. The molecule has 0 saturated heterocycles. The molecular weight excluding hydrogens is 418 g/mol. The highest BCUT2D eigenvalue weighted by molar-refractivity contribution is 5.33. The zero-order chi connectivity index (χ0) is 21.4. The van der Waals surface area contributed by atoms with Crippen molar-refractivity contribution in [2.45, 2.75) is 47.2 Å². The first kappa shape index (κ1) is 23.0. The van der Waals surface area contributed by atoms with Crippen molar-refractivity contribution in [3.05, 3.63) is 0 Å². The third-order valence-corrected chi connectivity index (χ3v) is 3.83. The molecule has 16 heteroatoms. The van der Waals surface area contributed by atoms with Gasteiger partial charge >= 0.3 is 47.2 Å². The van der Waals surface area contributed by atoms with Gasteiger partial charge in [-0.25, -0.2) is 8.78 Å². The molecule has 1 fully saturated rings. The van der Waals surface area contributed by atoms with E-state index in [9.17, 15) is 61.5 Å². The Bertz CT molecular complexity index is 528. The van der Waals surface area contributed by atoms with Crippen LogP contribution in [0.5, 0.6) is 0 Å². The fourth-order valence-electron chi connectivity index (χ4n) is 2.27. The van der Waals surface area contributed by atoms with Crippen LogP contribution in [0.15, 0.2) is 0 Å². The molecule has 2 unspecified atom stereocenters. The molecule has 0 aromatic heterocycles. The highest BCUT2D eigenvalue weighted by Crippen LogP contribution is 2.74. The van der Waals surface area contributed by atoms with Crippen LogP contribution in [0, 0.1) is 0 Å². The predicted molar refractivity (Wildman–Crippen MR) is 51.4 cm³/mol. The Morgan fingerprint density at radius 3 is 0.885 bits per heavy atom. The van der Waals surface area contributed by atoms with E-state index < -0.39 is 61.5 Å². The second-order valence-corrected chi connectivity index (χ2v) is 5.06. The van der Waals surface area contributed by atoms with Gasteiger partial charge in [-0.2, -0.15) is 52.7 Å². The maximum atomic E-state index is 14.1. The highest BCUT2D eigenvalue weighted by atomic mass is 19.4. The summed E-state index contributed by atoms with van der Waals surface area (Å²) in [4.78, 5) is 0. The normalized spacial score (nSPS) is 36.0. The summed E-state index contributed by atoms with van der Waals surface area (Å²) >= 11 is 0. The molecule has 0 heterocycles. The van der Waals surface area contributed by atoms with E-state index >= 15 is 0 Å². The van der Waals surface area contributed by atoms with Crippen LogP contribution in [0.2, 0.25) is 0 Å². The van der Waals surface area contributed by atoms with E-state index in [0.717, 1.165) is 0 Å². The van der Waals surface area contributed by atoms with Crippen molar-refractivity contribution in [2.24, 2.45) is 0 Å². The van der Waals surface area contributed by atoms with Gasteiger partial charge in [0, 0.05) is 14.2 Å². The van der Waals surface area contributed by atoms with Gasteiger partial charge in [0.15, 0.2) is 0 Å². The largest absolute Gasteiger partial charge is 0.402 e. The number of alkyl halides is 14. The van der Waals surface area contributed by atoms with Crippen molar-refractivity contribution >= 4 is 0 Å². The minimum Gasteiger partial charge on any atom is -0.321 e. The monoisotopic (exact) mass is 424 g/mol. The van der Waals surface area contributed by atoms with E-state index in [1.165, 1.54) is 0 Å². The maximum Gasteiger partial charge on any atom is 0.402 e. The van der Waals surface area contributed by atoms with Gasteiger partial charge in [0.1, 0.15) is 0 Å². The molecule has 1 aliphatic rings. The molecule has 1 saturated carbocycles. The number of ether oxygens (including phenoxy) is 2. The fourth-order valence-corrected chi connectivity index (χ4v) is 2.27. The van der Waals surface area contributed by atoms with Crippen LogP contribution in [0.3, 0.4) is 0 Å². The second kappa shape index (κ2) is 5.26. The molecule has 0 radical (unpaired) electrons. The van der Waals surface area contributed by atoms with E-state index in [2.05, 4.69) is 9.47 Å². The quantitative estimate of drug-likeness (QED) is 0.622. The van der Waals surface area contributed by atoms with E-state index in [0.29, 0.717) is 0 Å². The van der Waals surface area contributed by atoms with E-state index in [4.69, 9.17) is 0 Å². The van der Waals surface area contributed by atoms with Gasteiger partial charge in [0.2, 0.25) is 0 Å². The third-order valence-electron chi connectivity index (χ3n) is 3.83. The molecule has 0 N–H and O–H groups in total. The Balaban J connectivity index is 4.18. The first-order valence-electron chi connectivity index (χ1n) is 5.87. The second-order valence-electron chi connectivity index (χ2n) is 5.06. The first-order valence-corrected chi connectivity index (χ1v) is 5.87. The van der Waals surface area contributed by atoms with Gasteiger partial charge in [-0.1, -0.05) is 0 Å². The lowest BCUT2D eigenvalue weighted by Crippen LogP contribution is -2.91. The third kappa shape index (κ3) is 1.87. The van der Waals surface area contributed by atoms with Crippen LogP contribution in [0.4, 0.5) is 61.5 Å². The molecule has 26 heavy (non-hydrogen) atoms. The lowest BCUT2D eigenvalue weighted by atomic mass is 9.65. The van der Waals surface area contributed by atoms with Gasteiger partial charge in [0.25, 0.3) is 0 Å². The van der Waals surface area contributed by atoms with Crippen LogP contribution in [0.1, 0.15) is 0 Å². The van der Waals surface area contributed by atoms with Crippen molar-refractivity contribution in [2.75, 3.05) is 14.2 Å². The average Bonchev–Trinajstić information content (AvgIpc) is 2.50. The van der Waals surface area contributed by atoms with E-state index in [1.807, 2.05) is 0 Å². The number of hydrogen-bond donors (Lipinski definition) is 0. The Kier molecular flexibility index (Phi) is 4.65. The van der Waals surface area contributed by atoms with Crippen molar-refractivity contribution < 1.29 is 70.9 Å². The Morgan fingerprint density at radius 2 is 0.692 bits per heavy atom. The predicted octanol–water partition coefficient (Wildman–Crippen LogP) is 4.44. The summed E-state index contributed by atoms with van der Waals surface area (Å²) in [6.45, 7) is 0. The number of halogens is 14. The maximum absolute atomic E-state index is 14.1. The first-order chi connectivity index (χ1) is 11.1. The molecule has 0 bridgehead atoms. The molecule has 0 aromatic carbocycles. The Labute approximate surface area is 134 Å². The van der Waals surface area contributed by atoms with Crippen LogP contribution < -0.4 is 0 Å². The molecule has 0 amide bonds. The Hall–Kier alpha value is -1.06. The van der Waals surface area contributed by atoms with Gasteiger partial charge in [-0.15, -0.1) is 0 Å². The summed E-state index contributed by atoms with van der Waals surface area (Å²) in [7, 11) is -1.07. The van der Waals surface area contributed by atoms with E-state index in [1.54, 1.807) is 0 Å². The van der Waals surface area contributed by atoms with Crippen LogP contribution >= 0.6 is 0 Å². The van der Waals surface area contributed by atoms with Crippen molar-refractivity contribution in [1.82, 2.24) is 0 Å². The van der Waals surface area contributed by atoms with Gasteiger partial charge < -0.3 is 9.47 Å². The molecular formula is C10H6F14O2. The summed E-state index contributed by atoms with van der Waals surface area (Å²) in [6.07, 6.45) is -13.7. The Morgan fingerprint density at radius 1 is 0.462 bits per heavy atom. The number of rotatable bonds is 4. The molecule has 0 aromatic rings. The lowest BCUT2D eigenvalue weighted by molar-refractivity contribution is -0.538. The molecule has 0 aliphatic heterocycles. The minimum absolute atomic E-state index is 0.535. The SMILES string of the molecule is COC(F)(F)C1(F)C(F)(F)C(F)(F)C(F)(F)C(F)(C(F)(F)OC)C1(F)F. The van der Waals surface area contributed by atoms with Gasteiger partial charge in [0.05, 0.1) is 0 Å².